The highest BCUT2D eigenvalue weighted by Crippen LogP contribution is 2.27. The molecule has 2 amide bonds. The number of nitrogens with zero attached hydrogens (tertiary/aromatic N) is 5. The minimum atomic E-state index is -0.615. The van der Waals surface area contributed by atoms with Gasteiger partial charge < -0.3 is 10.4 Å². The van der Waals surface area contributed by atoms with Gasteiger partial charge >= 0.3 is 0 Å². The average Bonchev–Trinajstić information content (AvgIpc) is 3.24. The minimum Gasteiger partial charge on any atom is -0.394 e. The van der Waals surface area contributed by atoms with E-state index < -0.39 is 5.92 Å². The van der Waals surface area contributed by atoms with E-state index in [1.165, 1.54) is 22.6 Å². The molecule has 11 heteroatoms. The highest BCUT2D eigenvalue weighted by Gasteiger charge is 2.35. The van der Waals surface area contributed by atoms with Crippen LogP contribution in [0.1, 0.15) is 5.56 Å². The number of rotatable bonds is 5. The smallest absolute Gasteiger partial charge is 0.264 e. The number of thioether (sulfide) groups is 1. The lowest BCUT2D eigenvalue weighted by molar-refractivity contribution is -0.118. The second-order valence-electron chi connectivity index (χ2n) is 6.12. The summed E-state index contributed by atoms with van der Waals surface area (Å²) in [6.07, 6.45) is 1.46. The molecule has 9 nitrogen and oxygen atoms in total. The summed E-state index contributed by atoms with van der Waals surface area (Å²) in [7, 11) is 0. The van der Waals surface area contributed by atoms with Gasteiger partial charge in [-0.05, 0) is 24.6 Å². The van der Waals surface area contributed by atoms with Gasteiger partial charge in [-0.1, -0.05) is 29.2 Å². The van der Waals surface area contributed by atoms with Crippen LogP contribution in [0.4, 0.5) is 5.13 Å². The molecule has 0 bridgehead atoms. The molecule has 4 rings (SSSR count). The molecule has 0 saturated carbocycles. The summed E-state index contributed by atoms with van der Waals surface area (Å²) >= 11 is 2.48. The summed E-state index contributed by atoms with van der Waals surface area (Å²) in [5.41, 5.74) is 1.97. The number of hydrogen-bond acceptors (Lipinski definition) is 9. The van der Waals surface area contributed by atoms with Crippen molar-refractivity contribution in [2.45, 2.75) is 6.92 Å². The maximum absolute atomic E-state index is 12.3. The molecule has 2 N–H and O–H groups in total. The summed E-state index contributed by atoms with van der Waals surface area (Å²) in [6.45, 7) is 2.14. The maximum atomic E-state index is 12.3. The second-order valence-corrected chi connectivity index (χ2v) is 8.09. The number of thiazole rings is 1. The normalized spacial score (nSPS) is 18.3. The van der Waals surface area contributed by atoms with Crippen LogP contribution >= 0.6 is 23.1 Å². The third-order valence-electron chi connectivity index (χ3n) is 4.01. The number of aliphatic imine (C=N–C) groups is 2. The predicted octanol–water partition coefficient (Wildman–Crippen LogP) is 1.48. The zero-order valence-corrected chi connectivity index (χ0v) is 16.5. The Morgan fingerprint density at radius 2 is 2.25 bits per heavy atom. The monoisotopic (exact) mass is 416 g/mol. The second kappa shape index (κ2) is 7.78. The number of aliphatic hydroxyl groups is 1. The molecule has 2 aromatic rings. The number of amidine groups is 2. The molecule has 28 heavy (non-hydrogen) atoms. The third kappa shape index (κ3) is 3.81. The van der Waals surface area contributed by atoms with Gasteiger partial charge in [0.15, 0.2) is 10.3 Å². The standard InChI is InChI=1S/C17H16N6O3S2/c1-9-2-3-11-12(6-9)28-17(19-11)20-13(25)8-27-16-21-14-10(15(26)22-16)7-18-23(14)4-5-24/h2-3,6-7,10,24H,4-5,8H2,1H3,(H,19,20,25). The average molecular weight is 416 g/mol. The first-order chi connectivity index (χ1) is 13.5. The van der Waals surface area contributed by atoms with E-state index in [4.69, 9.17) is 5.11 Å². The van der Waals surface area contributed by atoms with Crippen molar-refractivity contribution in [2.75, 3.05) is 24.2 Å². The highest BCUT2D eigenvalue weighted by molar-refractivity contribution is 8.14. The van der Waals surface area contributed by atoms with E-state index in [1.54, 1.807) is 0 Å². The van der Waals surface area contributed by atoms with Gasteiger partial charge in [0.2, 0.25) is 5.91 Å². The van der Waals surface area contributed by atoms with Gasteiger partial charge in [0, 0.05) is 6.21 Å². The van der Waals surface area contributed by atoms with Crippen LogP contribution in [0.25, 0.3) is 10.2 Å². The van der Waals surface area contributed by atoms with Crippen molar-refractivity contribution in [3.8, 4) is 0 Å². The van der Waals surface area contributed by atoms with E-state index in [-0.39, 0.29) is 35.9 Å². The Labute approximate surface area is 168 Å². The van der Waals surface area contributed by atoms with Crippen LogP contribution in [0, 0.1) is 12.8 Å². The number of fused-ring (bicyclic) bond motifs is 2. The van der Waals surface area contributed by atoms with Gasteiger partial charge in [0.1, 0.15) is 11.8 Å². The largest absolute Gasteiger partial charge is 0.394 e. The molecule has 1 aromatic heterocycles. The topological polar surface area (TPSA) is 120 Å². The summed E-state index contributed by atoms with van der Waals surface area (Å²) < 4.78 is 1.01. The number of hydrazone groups is 1. The van der Waals surface area contributed by atoms with Crippen molar-refractivity contribution in [3.05, 3.63) is 23.8 Å². The Hall–Kier alpha value is -2.63. The van der Waals surface area contributed by atoms with Crippen LogP contribution < -0.4 is 5.32 Å². The molecule has 2 aliphatic heterocycles. The highest BCUT2D eigenvalue weighted by atomic mass is 32.2. The molecule has 0 spiro atoms. The predicted molar refractivity (Wildman–Crippen MR) is 111 cm³/mol. The Morgan fingerprint density at radius 3 is 3.07 bits per heavy atom. The SMILES string of the molecule is Cc1ccc2nc(NC(=O)CSC3=NC(=O)C4C=NN(CCO)C4=N3)sc2c1. The molecular formula is C17H16N6O3S2. The lowest BCUT2D eigenvalue weighted by Gasteiger charge is -2.19. The van der Waals surface area contributed by atoms with Gasteiger partial charge in [-0.25, -0.2) is 15.0 Å². The Morgan fingerprint density at radius 1 is 1.39 bits per heavy atom. The van der Waals surface area contributed by atoms with Crippen LogP contribution in [-0.4, -0.2) is 63.0 Å². The lowest BCUT2D eigenvalue weighted by atomic mass is 10.1. The third-order valence-corrected chi connectivity index (χ3v) is 5.80. The van der Waals surface area contributed by atoms with E-state index in [1.807, 2.05) is 25.1 Å². The number of carbonyl (C=O) groups excluding carboxylic acids is 2. The molecule has 0 aliphatic carbocycles. The number of nitrogens with one attached hydrogen (secondary N) is 1. The van der Waals surface area contributed by atoms with Crippen LogP contribution in [0.3, 0.4) is 0 Å². The Kier molecular flexibility index (Phi) is 5.20. The van der Waals surface area contributed by atoms with Gasteiger partial charge in [0.25, 0.3) is 5.91 Å². The molecule has 0 radical (unpaired) electrons. The number of benzene rings is 1. The quantitative estimate of drug-likeness (QED) is 0.762. The summed E-state index contributed by atoms with van der Waals surface area (Å²) in [5, 5.41) is 18.1. The zero-order chi connectivity index (χ0) is 19.7. The van der Waals surface area contributed by atoms with Gasteiger partial charge in [0.05, 0.1) is 29.1 Å². The van der Waals surface area contributed by atoms with Crippen LogP contribution in [0.5, 0.6) is 0 Å². The van der Waals surface area contributed by atoms with E-state index in [2.05, 4.69) is 25.4 Å². The summed E-state index contributed by atoms with van der Waals surface area (Å²) in [6, 6.07) is 5.91. The molecule has 0 saturated heterocycles. The summed E-state index contributed by atoms with van der Waals surface area (Å²) in [5.74, 6) is -0.773. The van der Waals surface area contributed by atoms with Crippen molar-refractivity contribution in [1.82, 2.24) is 9.99 Å². The maximum Gasteiger partial charge on any atom is 0.264 e. The molecule has 1 unspecified atom stereocenters. The zero-order valence-electron chi connectivity index (χ0n) is 14.8. The molecule has 1 atom stereocenters. The van der Waals surface area contributed by atoms with Gasteiger partial charge in [-0.2, -0.15) is 10.1 Å². The van der Waals surface area contributed by atoms with Crippen LogP contribution in [-0.2, 0) is 9.59 Å². The van der Waals surface area contributed by atoms with Crippen molar-refractivity contribution in [2.24, 2.45) is 21.0 Å². The van der Waals surface area contributed by atoms with E-state index in [9.17, 15) is 9.59 Å². The molecular weight excluding hydrogens is 400 g/mol. The van der Waals surface area contributed by atoms with Crippen LogP contribution in [0.2, 0.25) is 0 Å². The molecule has 0 fully saturated rings. The lowest BCUT2D eigenvalue weighted by Crippen LogP contribution is -2.35. The number of anilines is 1. The van der Waals surface area contributed by atoms with Crippen molar-refractivity contribution >= 4 is 67.5 Å². The van der Waals surface area contributed by atoms with E-state index in [0.717, 1.165) is 27.5 Å². The van der Waals surface area contributed by atoms with Crippen molar-refractivity contribution in [1.29, 1.82) is 0 Å². The number of amides is 2. The number of carbonyl (C=O) groups is 2. The number of aliphatic hydroxyl groups excluding tert-OH is 1. The number of hydrogen-bond donors (Lipinski definition) is 2. The van der Waals surface area contributed by atoms with Crippen LogP contribution in [0.15, 0.2) is 33.3 Å². The van der Waals surface area contributed by atoms with Crippen molar-refractivity contribution in [3.63, 3.8) is 0 Å². The van der Waals surface area contributed by atoms with E-state index in [0.29, 0.717) is 11.0 Å². The molecule has 1 aromatic carbocycles. The fraction of sp³-hybridized carbons (Fsp3) is 0.294. The molecule has 3 heterocycles. The first-order valence-corrected chi connectivity index (χ1v) is 10.3. The number of aryl methyl sites for hydroxylation is 1. The fourth-order valence-electron chi connectivity index (χ4n) is 2.72. The van der Waals surface area contributed by atoms with Gasteiger partial charge in [-0.15, -0.1) is 0 Å². The summed E-state index contributed by atoms with van der Waals surface area (Å²) in [4.78, 5) is 37.0. The fourth-order valence-corrected chi connectivity index (χ4v) is 4.35. The number of aromatic nitrogens is 1. The van der Waals surface area contributed by atoms with E-state index >= 15 is 0 Å². The minimum absolute atomic E-state index is 0.0450. The Bertz CT molecular complexity index is 1040. The van der Waals surface area contributed by atoms with Gasteiger partial charge in [-0.3, -0.25) is 9.59 Å². The molecule has 144 valence electrons. The Balaban J connectivity index is 1.39. The first-order valence-electron chi connectivity index (χ1n) is 8.47. The van der Waals surface area contributed by atoms with Crippen molar-refractivity contribution < 1.29 is 14.7 Å². The number of β-amino-alcohol motifs (C(OH)–C–C–N with tert-alkyl or cyclic N) is 1. The molecule has 2 aliphatic rings. The first kappa shape index (κ1) is 18.7.